The van der Waals surface area contributed by atoms with Crippen molar-refractivity contribution in [1.82, 2.24) is 4.72 Å². The zero-order valence-corrected chi connectivity index (χ0v) is 13.9. The first kappa shape index (κ1) is 19.4. The summed E-state index contributed by atoms with van der Waals surface area (Å²) in [6.07, 6.45) is -4.98. The minimum atomic E-state index is -4.98. The molecule has 0 fully saturated rings. The average molecular weight is 377 g/mol. The number of rotatable bonds is 6. The minimum absolute atomic E-state index is 0.126. The van der Waals surface area contributed by atoms with E-state index in [0.717, 1.165) is 11.6 Å². The maximum Gasteiger partial charge on any atom is 0.419 e. The lowest BCUT2D eigenvalue weighted by molar-refractivity contribution is -0.140. The molecule has 25 heavy (non-hydrogen) atoms. The van der Waals surface area contributed by atoms with Crippen molar-refractivity contribution in [2.24, 2.45) is 0 Å². The van der Waals surface area contributed by atoms with Crippen molar-refractivity contribution < 1.29 is 30.7 Å². The van der Waals surface area contributed by atoms with Gasteiger partial charge in [-0.15, -0.1) is 0 Å². The normalized spacial score (nSPS) is 12.4. The summed E-state index contributed by atoms with van der Waals surface area (Å²) < 4.78 is 83.0. The molecule has 0 atom stereocenters. The highest BCUT2D eigenvalue weighted by Gasteiger charge is 2.35. The molecule has 2 aromatic rings. The first-order valence-corrected chi connectivity index (χ1v) is 8.55. The molecule has 2 rings (SSSR count). The summed E-state index contributed by atoms with van der Waals surface area (Å²) in [5.41, 5.74) is -0.200. The number of alkyl halides is 3. The van der Waals surface area contributed by atoms with Crippen molar-refractivity contribution in [3.05, 3.63) is 65.0 Å². The summed E-state index contributed by atoms with van der Waals surface area (Å²) in [7, 11) is -2.72. The van der Waals surface area contributed by atoms with Crippen molar-refractivity contribution in [2.45, 2.75) is 24.2 Å². The Morgan fingerprint density at radius 3 is 2.40 bits per heavy atom. The van der Waals surface area contributed by atoms with Gasteiger partial charge in [-0.05, 0) is 29.3 Å². The quantitative estimate of drug-likeness (QED) is 0.785. The molecule has 0 aromatic heterocycles. The van der Waals surface area contributed by atoms with E-state index in [0.29, 0.717) is 18.2 Å². The maximum atomic E-state index is 13.3. The van der Waals surface area contributed by atoms with E-state index in [4.69, 9.17) is 4.74 Å². The number of benzene rings is 2. The number of hydrogen-bond donors (Lipinski definition) is 1. The van der Waals surface area contributed by atoms with E-state index in [2.05, 4.69) is 4.72 Å². The van der Waals surface area contributed by atoms with Crippen LogP contribution in [0.1, 0.15) is 16.7 Å². The lowest BCUT2D eigenvalue weighted by Crippen LogP contribution is -2.24. The fourth-order valence-corrected chi connectivity index (χ4v) is 3.19. The molecule has 9 heteroatoms. The van der Waals surface area contributed by atoms with Gasteiger partial charge in [-0.3, -0.25) is 0 Å². The van der Waals surface area contributed by atoms with Crippen molar-refractivity contribution >= 4 is 10.0 Å². The van der Waals surface area contributed by atoms with E-state index in [-0.39, 0.29) is 12.6 Å². The third-order valence-corrected chi connectivity index (χ3v) is 4.72. The Morgan fingerprint density at radius 2 is 1.76 bits per heavy atom. The fraction of sp³-hybridized carbons (Fsp3) is 0.250. The second-order valence-corrected chi connectivity index (χ2v) is 6.98. The third-order valence-electron chi connectivity index (χ3n) is 3.32. The predicted molar refractivity (Wildman–Crippen MR) is 82.6 cm³/mol. The van der Waals surface area contributed by atoms with E-state index in [1.54, 1.807) is 24.3 Å². The van der Waals surface area contributed by atoms with Crippen LogP contribution >= 0.6 is 0 Å². The number of nitrogens with one attached hydrogen (secondary N) is 1. The molecule has 0 saturated heterocycles. The Kier molecular flexibility index (Phi) is 5.81. The van der Waals surface area contributed by atoms with Crippen molar-refractivity contribution in [1.29, 1.82) is 0 Å². The Hall–Kier alpha value is -1.97. The van der Waals surface area contributed by atoms with E-state index < -0.39 is 32.5 Å². The van der Waals surface area contributed by atoms with Crippen LogP contribution in [0.3, 0.4) is 0 Å². The molecule has 136 valence electrons. The highest BCUT2D eigenvalue weighted by Crippen LogP contribution is 2.32. The van der Waals surface area contributed by atoms with Gasteiger partial charge in [0.25, 0.3) is 0 Å². The molecule has 0 aliphatic heterocycles. The van der Waals surface area contributed by atoms with Gasteiger partial charge in [0.05, 0.1) is 17.1 Å². The fourth-order valence-electron chi connectivity index (χ4n) is 2.15. The Labute approximate surface area is 142 Å². The zero-order chi connectivity index (χ0) is 18.7. The minimum Gasteiger partial charge on any atom is -0.380 e. The summed E-state index contributed by atoms with van der Waals surface area (Å²) in [4.78, 5) is -0.658. The number of ether oxygens (including phenoxy) is 1. The largest absolute Gasteiger partial charge is 0.419 e. The van der Waals surface area contributed by atoms with Gasteiger partial charge in [0.2, 0.25) is 10.0 Å². The van der Waals surface area contributed by atoms with Crippen LogP contribution in [0.25, 0.3) is 0 Å². The molecule has 0 radical (unpaired) electrons. The van der Waals surface area contributed by atoms with Crippen LogP contribution in [0.2, 0.25) is 0 Å². The van der Waals surface area contributed by atoms with E-state index in [1.807, 2.05) is 0 Å². The third kappa shape index (κ3) is 5.00. The van der Waals surface area contributed by atoms with Crippen LogP contribution in [0.5, 0.6) is 0 Å². The molecule has 1 N–H and O–H groups in total. The molecular weight excluding hydrogens is 362 g/mol. The van der Waals surface area contributed by atoms with E-state index in [1.165, 1.54) is 7.11 Å². The van der Waals surface area contributed by atoms with Gasteiger partial charge >= 0.3 is 6.18 Å². The number of halogens is 4. The lowest BCUT2D eigenvalue weighted by atomic mass is 10.1. The van der Waals surface area contributed by atoms with E-state index in [9.17, 15) is 26.0 Å². The van der Waals surface area contributed by atoms with Crippen molar-refractivity contribution in [3.8, 4) is 0 Å². The molecule has 0 aliphatic rings. The van der Waals surface area contributed by atoms with Crippen LogP contribution in [0.15, 0.2) is 47.4 Å². The first-order chi connectivity index (χ1) is 11.6. The summed E-state index contributed by atoms with van der Waals surface area (Å²) in [6.45, 7) is 0.214. The number of sulfonamides is 1. The van der Waals surface area contributed by atoms with Crippen molar-refractivity contribution in [2.75, 3.05) is 7.11 Å². The standard InChI is InChI=1S/C16H15F4NO3S/c1-24-10-12-4-2-3-11(7-12)9-21-25(22,23)13-5-6-15(17)14(8-13)16(18,19)20/h2-8,21H,9-10H2,1H3. The summed E-state index contributed by atoms with van der Waals surface area (Å²) in [5, 5.41) is 0. The Balaban J connectivity index is 2.21. The topological polar surface area (TPSA) is 55.4 Å². The lowest BCUT2D eigenvalue weighted by Gasteiger charge is -2.12. The summed E-state index contributed by atoms with van der Waals surface area (Å²) in [6, 6.07) is 8.41. The van der Waals surface area contributed by atoms with Crippen molar-refractivity contribution in [3.63, 3.8) is 0 Å². The van der Waals surface area contributed by atoms with Crippen LogP contribution in [0, 0.1) is 5.82 Å². The predicted octanol–water partition coefficient (Wildman–Crippen LogP) is 3.47. The molecule has 0 unspecified atom stereocenters. The Bertz CT molecular complexity index is 851. The molecule has 0 bridgehead atoms. The van der Waals surface area contributed by atoms with Crippen LogP contribution in [-0.4, -0.2) is 15.5 Å². The molecule has 0 saturated carbocycles. The average Bonchev–Trinajstić information content (AvgIpc) is 2.53. The SMILES string of the molecule is COCc1cccc(CNS(=O)(=O)c2ccc(F)c(C(F)(F)F)c2)c1. The first-order valence-electron chi connectivity index (χ1n) is 7.06. The van der Waals surface area contributed by atoms with Gasteiger partial charge in [-0.25, -0.2) is 17.5 Å². The smallest absolute Gasteiger partial charge is 0.380 e. The maximum absolute atomic E-state index is 13.3. The molecule has 0 amide bonds. The summed E-state index contributed by atoms with van der Waals surface area (Å²) >= 11 is 0. The van der Waals surface area contributed by atoms with Gasteiger partial charge in [0.1, 0.15) is 5.82 Å². The van der Waals surface area contributed by atoms with E-state index >= 15 is 0 Å². The van der Waals surface area contributed by atoms with Gasteiger partial charge in [0.15, 0.2) is 0 Å². The molecule has 0 aliphatic carbocycles. The monoisotopic (exact) mass is 377 g/mol. The van der Waals surface area contributed by atoms with Gasteiger partial charge in [-0.2, -0.15) is 13.2 Å². The highest BCUT2D eigenvalue weighted by atomic mass is 32.2. The molecular formula is C16H15F4NO3S. The molecule has 0 heterocycles. The van der Waals surface area contributed by atoms with Gasteiger partial charge in [0, 0.05) is 13.7 Å². The second kappa shape index (κ2) is 7.51. The number of methoxy groups -OCH3 is 1. The highest BCUT2D eigenvalue weighted by molar-refractivity contribution is 7.89. The molecule has 0 spiro atoms. The van der Waals surface area contributed by atoms with Crippen LogP contribution in [0.4, 0.5) is 17.6 Å². The van der Waals surface area contributed by atoms with Crippen LogP contribution < -0.4 is 4.72 Å². The summed E-state index contributed by atoms with van der Waals surface area (Å²) in [5.74, 6) is -1.53. The Morgan fingerprint density at radius 1 is 1.08 bits per heavy atom. The van der Waals surface area contributed by atoms with Gasteiger partial charge in [-0.1, -0.05) is 24.3 Å². The molecule has 2 aromatic carbocycles. The zero-order valence-electron chi connectivity index (χ0n) is 13.1. The van der Waals surface area contributed by atoms with Gasteiger partial charge < -0.3 is 4.74 Å². The van der Waals surface area contributed by atoms with Crippen LogP contribution in [-0.2, 0) is 34.1 Å². The second-order valence-electron chi connectivity index (χ2n) is 5.22. The number of hydrogen-bond acceptors (Lipinski definition) is 3. The molecule has 4 nitrogen and oxygen atoms in total.